The van der Waals surface area contributed by atoms with Gasteiger partial charge >= 0.3 is 12.3 Å². The molecule has 1 N–H and O–H groups in total. The maximum atomic E-state index is 12.1. The summed E-state index contributed by atoms with van der Waals surface area (Å²) in [6.07, 6.45) is -3.54. The van der Waals surface area contributed by atoms with E-state index in [1.54, 1.807) is 6.07 Å². The van der Waals surface area contributed by atoms with Gasteiger partial charge in [0.05, 0.1) is 11.8 Å². The van der Waals surface area contributed by atoms with E-state index in [2.05, 4.69) is 4.74 Å². The van der Waals surface area contributed by atoms with Crippen LogP contribution in [0.15, 0.2) is 41.0 Å². The van der Waals surface area contributed by atoms with Crippen molar-refractivity contribution in [3.63, 3.8) is 0 Å². The Morgan fingerprint density at radius 2 is 2.00 bits per heavy atom. The molecule has 1 heterocycles. The highest BCUT2D eigenvalue weighted by molar-refractivity contribution is 5.95. The predicted molar refractivity (Wildman–Crippen MR) is 57.8 cm³/mol. The second-order valence-corrected chi connectivity index (χ2v) is 3.54. The third kappa shape index (κ3) is 3.06. The van der Waals surface area contributed by atoms with E-state index in [0.717, 1.165) is 12.1 Å². The molecule has 0 bridgehead atoms. The third-order valence-electron chi connectivity index (χ3n) is 2.24. The second kappa shape index (κ2) is 4.68. The fourth-order valence-electron chi connectivity index (χ4n) is 1.54. The molecule has 0 aliphatic heterocycles. The Labute approximate surface area is 105 Å². The van der Waals surface area contributed by atoms with Crippen LogP contribution in [-0.2, 0) is 0 Å². The molecule has 0 saturated carbocycles. The van der Waals surface area contributed by atoms with Crippen molar-refractivity contribution in [1.82, 2.24) is 0 Å². The quantitative estimate of drug-likeness (QED) is 0.928. The first kappa shape index (κ1) is 13.0. The van der Waals surface area contributed by atoms with E-state index in [0.29, 0.717) is 0 Å². The van der Waals surface area contributed by atoms with Crippen molar-refractivity contribution in [3.8, 4) is 17.1 Å². The van der Waals surface area contributed by atoms with Gasteiger partial charge in [-0.15, -0.1) is 13.2 Å². The lowest BCUT2D eigenvalue weighted by molar-refractivity contribution is -0.274. The van der Waals surface area contributed by atoms with Crippen LogP contribution in [-0.4, -0.2) is 17.4 Å². The van der Waals surface area contributed by atoms with Gasteiger partial charge in [0.1, 0.15) is 11.5 Å². The number of carboxylic acid groups (broad SMARTS) is 1. The minimum Gasteiger partial charge on any atom is -0.478 e. The van der Waals surface area contributed by atoms with Crippen LogP contribution in [0, 0.1) is 0 Å². The predicted octanol–water partition coefficient (Wildman–Crippen LogP) is 3.54. The fourth-order valence-corrected chi connectivity index (χ4v) is 1.54. The minimum absolute atomic E-state index is 0.173. The maximum Gasteiger partial charge on any atom is 0.573 e. The number of benzene rings is 1. The van der Waals surface area contributed by atoms with E-state index in [1.807, 2.05) is 0 Å². The SMILES string of the molecule is O=C(O)c1cc(OC(F)(F)F)ccc1-c1ccco1. The van der Waals surface area contributed by atoms with Gasteiger partial charge in [0.2, 0.25) is 0 Å². The molecule has 0 spiro atoms. The summed E-state index contributed by atoms with van der Waals surface area (Å²) in [7, 11) is 0. The highest BCUT2D eigenvalue weighted by Gasteiger charge is 2.31. The Morgan fingerprint density at radius 3 is 2.53 bits per heavy atom. The topological polar surface area (TPSA) is 59.7 Å². The number of hydrogen-bond donors (Lipinski definition) is 1. The summed E-state index contributed by atoms with van der Waals surface area (Å²) in [5.41, 5.74) is -0.163. The third-order valence-corrected chi connectivity index (χ3v) is 2.24. The Kier molecular flexibility index (Phi) is 3.20. The normalized spacial score (nSPS) is 11.3. The average molecular weight is 272 g/mol. The van der Waals surface area contributed by atoms with E-state index in [1.165, 1.54) is 18.4 Å². The van der Waals surface area contributed by atoms with Crippen molar-refractivity contribution in [3.05, 3.63) is 42.2 Å². The van der Waals surface area contributed by atoms with Crippen molar-refractivity contribution in [2.24, 2.45) is 0 Å². The van der Waals surface area contributed by atoms with Crippen LogP contribution in [0.3, 0.4) is 0 Å². The molecule has 1 aromatic heterocycles. The zero-order valence-corrected chi connectivity index (χ0v) is 9.27. The second-order valence-electron chi connectivity index (χ2n) is 3.54. The van der Waals surface area contributed by atoms with Crippen LogP contribution < -0.4 is 4.74 Å². The van der Waals surface area contributed by atoms with Crippen molar-refractivity contribution < 1.29 is 32.2 Å². The summed E-state index contributed by atoms with van der Waals surface area (Å²) in [4.78, 5) is 11.1. The number of hydrogen-bond acceptors (Lipinski definition) is 3. The lowest BCUT2D eigenvalue weighted by Crippen LogP contribution is -2.17. The molecule has 2 rings (SSSR count). The zero-order chi connectivity index (χ0) is 14.0. The number of rotatable bonds is 3. The van der Waals surface area contributed by atoms with E-state index >= 15 is 0 Å². The number of ether oxygens (including phenoxy) is 1. The molecule has 0 unspecified atom stereocenters. The molecule has 0 atom stereocenters. The molecular weight excluding hydrogens is 265 g/mol. The van der Waals surface area contributed by atoms with Gasteiger partial charge in [-0.3, -0.25) is 0 Å². The molecule has 0 radical (unpaired) electrons. The molecule has 0 fully saturated rings. The molecule has 0 amide bonds. The van der Waals surface area contributed by atoms with Crippen LogP contribution >= 0.6 is 0 Å². The fraction of sp³-hybridized carbons (Fsp3) is 0.0833. The average Bonchev–Trinajstić information content (AvgIpc) is 2.80. The molecule has 0 aliphatic rings. The summed E-state index contributed by atoms with van der Waals surface area (Å²) in [6.45, 7) is 0. The lowest BCUT2D eigenvalue weighted by Gasteiger charge is -2.10. The van der Waals surface area contributed by atoms with Gasteiger partial charge in [-0.1, -0.05) is 0 Å². The number of aromatic carboxylic acids is 1. The lowest BCUT2D eigenvalue weighted by atomic mass is 10.1. The first-order valence-electron chi connectivity index (χ1n) is 5.04. The van der Waals surface area contributed by atoms with Gasteiger partial charge in [0, 0.05) is 5.56 Å². The van der Waals surface area contributed by atoms with Crippen molar-refractivity contribution >= 4 is 5.97 Å². The van der Waals surface area contributed by atoms with Crippen LogP contribution in [0.5, 0.6) is 5.75 Å². The monoisotopic (exact) mass is 272 g/mol. The first-order valence-corrected chi connectivity index (χ1v) is 5.04. The molecule has 7 heteroatoms. The van der Waals surface area contributed by atoms with E-state index in [-0.39, 0.29) is 16.9 Å². The summed E-state index contributed by atoms with van der Waals surface area (Å²) in [6, 6.07) is 6.07. The summed E-state index contributed by atoms with van der Waals surface area (Å²) >= 11 is 0. The highest BCUT2D eigenvalue weighted by Crippen LogP contribution is 2.30. The number of alkyl halides is 3. The largest absolute Gasteiger partial charge is 0.573 e. The van der Waals surface area contributed by atoms with Gasteiger partial charge in [-0.2, -0.15) is 0 Å². The molecule has 19 heavy (non-hydrogen) atoms. The van der Waals surface area contributed by atoms with Crippen LogP contribution in [0.25, 0.3) is 11.3 Å². The minimum atomic E-state index is -4.87. The molecule has 0 saturated heterocycles. The Bertz CT molecular complexity index is 588. The molecule has 4 nitrogen and oxygen atoms in total. The van der Waals surface area contributed by atoms with Crippen LogP contribution in [0.4, 0.5) is 13.2 Å². The number of carboxylic acids is 1. The zero-order valence-electron chi connectivity index (χ0n) is 9.27. The van der Waals surface area contributed by atoms with Gasteiger partial charge in [0.15, 0.2) is 0 Å². The summed E-state index contributed by atoms with van der Waals surface area (Å²) in [5, 5.41) is 9.01. The maximum absolute atomic E-state index is 12.1. The summed E-state index contributed by atoms with van der Waals surface area (Å²) < 4.78 is 44.9. The van der Waals surface area contributed by atoms with Gasteiger partial charge in [-0.05, 0) is 30.3 Å². The van der Waals surface area contributed by atoms with Crippen molar-refractivity contribution in [1.29, 1.82) is 0 Å². The van der Waals surface area contributed by atoms with Crippen molar-refractivity contribution in [2.75, 3.05) is 0 Å². The number of furan rings is 1. The van der Waals surface area contributed by atoms with Crippen LogP contribution in [0.1, 0.15) is 10.4 Å². The Morgan fingerprint density at radius 1 is 1.26 bits per heavy atom. The Balaban J connectivity index is 2.45. The number of carbonyl (C=O) groups is 1. The van der Waals surface area contributed by atoms with E-state index < -0.39 is 18.1 Å². The summed E-state index contributed by atoms with van der Waals surface area (Å²) in [5.74, 6) is -1.73. The standard InChI is InChI=1S/C12H7F3O4/c13-12(14,15)19-7-3-4-8(9(6-7)11(16)17)10-2-1-5-18-10/h1-6H,(H,16,17). The number of halogens is 3. The van der Waals surface area contributed by atoms with E-state index in [9.17, 15) is 18.0 Å². The smallest absolute Gasteiger partial charge is 0.478 e. The molecule has 1 aromatic carbocycles. The highest BCUT2D eigenvalue weighted by atomic mass is 19.4. The van der Waals surface area contributed by atoms with Gasteiger partial charge < -0.3 is 14.3 Å². The van der Waals surface area contributed by atoms with Gasteiger partial charge in [-0.25, -0.2) is 4.79 Å². The first-order chi connectivity index (χ1) is 8.87. The molecule has 100 valence electrons. The molecular formula is C12H7F3O4. The van der Waals surface area contributed by atoms with Crippen molar-refractivity contribution in [2.45, 2.75) is 6.36 Å². The Hall–Kier alpha value is -2.44. The molecule has 0 aliphatic carbocycles. The molecule has 2 aromatic rings. The van der Waals surface area contributed by atoms with Crippen LogP contribution in [0.2, 0.25) is 0 Å². The van der Waals surface area contributed by atoms with Gasteiger partial charge in [0.25, 0.3) is 0 Å². The van der Waals surface area contributed by atoms with E-state index in [4.69, 9.17) is 9.52 Å².